The van der Waals surface area contributed by atoms with Gasteiger partial charge in [-0.1, -0.05) is 6.42 Å². The van der Waals surface area contributed by atoms with Crippen molar-refractivity contribution in [1.82, 2.24) is 15.2 Å². The van der Waals surface area contributed by atoms with Crippen molar-refractivity contribution >= 4 is 28.3 Å². The number of nitrogens with one attached hydrogen (secondary N) is 2. The van der Waals surface area contributed by atoms with Gasteiger partial charge in [0, 0.05) is 36.1 Å². The lowest BCUT2D eigenvalue weighted by Gasteiger charge is -2.33. The maximum atomic E-state index is 12.6. The maximum Gasteiger partial charge on any atom is 0.270 e. The number of piperidine rings is 1. The van der Waals surface area contributed by atoms with Gasteiger partial charge in [0.25, 0.3) is 11.8 Å². The van der Waals surface area contributed by atoms with E-state index in [1.165, 1.54) is 44.8 Å². The Balaban J connectivity index is 1.49. The van der Waals surface area contributed by atoms with Gasteiger partial charge in [-0.25, -0.2) is 4.98 Å². The first-order chi connectivity index (χ1) is 15.0. The molecule has 31 heavy (non-hydrogen) atoms. The van der Waals surface area contributed by atoms with Crippen LogP contribution in [0.4, 0.5) is 5.13 Å². The largest absolute Gasteiger partial charge is 0.497 e. The third-order valence-electron chi connectivity index (χ3n) is 5.42. The average Bonchev–Trinajstić information content (AvgIpc) is 3.25. The molecule has 2 heterocycles. The standard InChI is InChI=1S/C22H30N4O4S/c1-15-7-4-5-9-26(15)10-6-8-23-21(28)19-14-31-22(24-19)25-20(27)16-11-17(29-2)13-18(12-16)30-3/h11-15H,4-10H2,1-3H3,(H,23,28)(H,24,25,27). The molecule has 9 heteroatoms. The molecule has 0 saturated carbocycles. The van der Waals surface area contributed by atoms with Crippen LogP contribution in [0.1, 0.15) is 53.5 Å². The second-order valence-electron chi connectivity index (χ2n) is 7.58. The van der Waals surface area contributed by atoms with Crippen molar-refractivity contribution in [3.8, 4) is 11.5 Å². The summed E-state index contributed by atoms with van der Waals surface area (Å²) in [5.74, 6) is 0.450. The zero-order valence-corrected chi connectivity index (χ0v) is 19.1. The van der Waals surface area contributed by atoms with Crippen LogP contribution in [0.5, 0.6) is 11.5 Å². The van der Waals surface area contributed by atoms with Crippen molar-refractivity contribution in [1.29, 1.82) is 0 Å². The van der Waals surface area contributed by atoms with Gasteiger partial charge in [0.05, 0.1) is 14.2 Å². The van der Waals surface area contributed by atoms with Crippen LogP contribution in [0.2, 0.25) is 0 Å². The quantitative estimate of drug-likeness (QED) is 0.574. The third-order valence-corrected chi connectivity index (χ3v) is 6.18. The fourth-order valence-corrected chi connectivity index (χ4v) is 4.29. The van der Waals surface area contributed by atoms with Gasteiger partial charge in [-0.05, 0) is 44.9 Å². The minimum Gasteiger partial charge on any atom is -0.497 e. The van der Waals surface area contributed by atoms with Gasteiger partial charge >= 0.3 is 0 Å². The summed E-state index contributed by atoms with van der Waals surface area (Å²) in [6.45, 7) is 5.00. The number of hydrogen-bond donors (Lipinski definition) is 2. The first kappa shape index (κ1) is 23.0. The lowest BCUT2D eigenvalue weighted by molar-refractivity contribution is 0.0943. The number of aromatic nitrogens is 1. The molecule has 1 atom stereocenters. The topological polar surface area (TPSA) is 92.8 Å². The molecule has 2 N–H and O–H groups in total. The lowest BCUT2D eigenvalue weighted by Crippen LogP contribution is -2.39. The van der Waals surface area contributed by atoms with E-state index in [0.717, 1.165) is 19.5 Å². The Bertz CT molecular complexity index is 879. The Kier molecular flexibility index (Phi) is 8.25. The second-order valence-corrected chi connectivity index (χ2v) is 8.44. The molecule has 1 aromatic carbocycles. The molecule has 2 aromatic rings. The summed E-state index contributed by atoms with van der Waals surface area (Å²) in [7, 11) is 3.05. The highest BCUT2D eigenvalue weighted by atomic mass is 32.1. The van der Waals surface area contributed by atoms with Crippen LogP contribution >= 0.6 is 11.3 Å². The number of thiazole rings is 1. The molecule has 1 aliphatic rings. The van der Waals surface area contributed by atoms with Crippen LogP contribution in [0.3, 0.4) is 0 Å². The fraction of sp³-hybridized carbons (Fsp3) is 0.500. The van der Waals surface area contributed by atoms with Crippen molar-refractivity contribution in [2.24, 2.45) is 0 Å². The van der Waals surface area contributed by atoms with Gasteiger partial charge in [-0.3, -0.25) is 14.9 Å². The number of methoxy groups -OCH3 is 2. The monoisotopic (exact) mass is 446 g/mol. The normalized spacial score (nSPS) is 16.5. The second kappa shape index (κ2) is 11.1. The molecule has 1 fully saturated rings. The van der Waals surface area contributed by atoms with Crippen molar-refractivity contribution in [3.63, 3.8) is 0 Å². The van der Waals surface area contributed by atoms with Crippen molar-refractivity contribution < 1.29 is 19.1 Å². The summed E-state index contributed by atoms with van der Waals surface area (Å²) in [5, 5.41) is 7.64. The smallest absolute Gasteiger partial charge is 0.270 e. The first-order valence-electron chi connectivity index (χ1n) is 10.5. The van der Waals surface area contributed by atoms with Gasteiger partial charge in [-0.15, -0.1) is 11.3 Å². The molecule has 1 unspecified atom stereocenters. The number of anilines is 1. The van der Waals surface area contributed by atoms with Gasteiger partial charge < -0.3 is 19.7 Å². The predicted molar refractivity (Wildman–Crippen MR) is 121 cm³/mol. The van der Waals surface area contributed by atoms with Crippen molar-refractivity contribution in [3.05, 3.63) is 34.8 Å². The molecule has 8 nitrogen and oxygen atoms in total. The highest BCUT2D eigenvalue weighted by molar-refractivity contribution is 7.14. The van der Waals surface area contributed by atoms with E-state index >= 15 is 0 Å². The minimum absolute atomic E-state index is 0.230. The van der Waals surface area contributed by atoms with E-state index in [1.807, 2.05) is 0 Å². The van der Waals surface area contributed by atoms with Gasteiger partial charge in [0.2, 0.25) is 0 Å². The molecular weight excluding hydrogens is 416 g/mol. The Morgan fingerprint density at radius 1 is 1.16 bits per heavy atom. The molecule has 1 aliphatic heterocycles. The molecule has 3 rings (SSSR count). The van der Waals surface area contributed by atoms with E-state index in [1.54, 1.807) is 23.6 Å². The lowest BCUT2D eigenvalue weighted by atomic mass is 10.0. The zero-order chi connectivity index (χ0) is 22.2. The van der Waals surface area contributed by atoms with Crippen molar-refractivity contribution in [2.75, 3.05) is 39.2 Å². The Morgan fingerprint density at radius 3 is 2.58 bits per heavy atom. The van der Waals surface area contributed by atoms with Crippen LogP contribution in [0, 0.1) is 0 Å². The van der Waals surface area contributed by atoms with Gasteiger partial charge in [-0.2, -0.15) is 0 Å². The van der Waals surface area contributed by atoms with Crippen LogP contribution < -0.4 is 20.1 Å². The molecule has 0 radical (unpaired) electrons. The number of likely N-dealkylation sites (tertiary alicyclic amines) is 1. The van der Waals surface area contributed by atoms with E-state index in [-0.39, 0.29) is 11.8 Å². The van der Waals surface area contributed by atoms with Gasteiger partial charge in [0.1, 0.15) is 17.2 Å². The number of rotatable bonds is 9. The zero-order valence-electron chi connectivity index (χ0n) is 18.3. The summed E-state index contributed by atoms with van der Waals surface area (Å²) < 4.78 is 10.4. The molecule has 2 amide bonds. The number of ether oxygens (including phenoxy) is 2. The van der Waals surface area contributed by atoms with E-state index in [4.69, 9.17) is 9.47 Å². The highest BCUT2D eigenvalue weighted by Crippen LogP contribution is 2.24. The molecule has 0 bridgehead atoms. The molecule has 168 valence electrons. The Labute approximate surface area is 186 Å². The van der Waals surface area contributed by atoms with E-state index in [2.05, 4.69) is 27.4 Å². The summed E-state index contributed by atoms with van der Waals surface area (Å²) in [5.41, 5.74) is 0.680. The minimum atomic E-state index is -0.353. The highest BCUT2D eigenvalue weighted by Gasteiger charge is 2.18. The Morgan fingerprint density at radius 2 is 1.90 bits per heavy atom. The average molecular weight is 447 g/mol. The summed E-state index contributed by atoms with van der Waals surface area (Å²) in [6.07, 6.45) is 4.72. The summed E-state index contributed by atoms with van der Waals surface area (Å²) in [4.78, 5) is 31.7. The SMILES string of the molecule is COc1cc(OC)cc(C(=O)Nc2nc(C(=O)NCCCN3CCCCC3C)cs2)c1. The summed E-state index contributed by atoms with van der Waals surface area (Å²) in [6, 6.07) is 5.54. The van der Waals surface area contributed by atoms with E-state index < -0.39 is 0 Å². The number of carbonyl (C=O) groups excluding carboxylic acids is 2. The number of carbonyl (C=O) groups is 2. The first-order valence-corrected chi connectivity index (χ1v) is 11.4. The number of benzene rings is 1. The summed E-state index contributed by atoms with van der Waals surface area (Å²) >= 11 is 1.21. The van der Waals surface area contributed by atoms with E-state index in [9.17, 15) is 9.59 Å². The van der Waals surface area contributed by atoms with Crippen LogP contribution in [-0.4, -0.2) is 61.6 Å². The molecule has 1 saturated heterocycles. The fourth-order valence-electron chi connectivity index (χ4n) is 3.61. The van der Waals surface area contributed by atoms with Crippen LogP contribution in [0.15, 0.2) is 23.6 Å². The van der Waals surface area contributed by atoms with Crippen LogP contribution in [0.25, 0.3) is 0 Å². The predicted octanol–water partition coefficient (Wildman–Crippen LogP) is 3.41. The maximum absolute atomic E-state index is 12.6. The number of hydrogen-bond acceptors (Lipinski definition) is 7. The van der Waals surface area contributed by atoms with Crippen molar-refractivity contribution in [2.45, 2.75) is 38.6 Å². The Hall–Kier alpha value is -2.65. The molecular formula is C22H30N4O4S. The van der Waals surface area contributed by atoms with Crippen LogP contribution in [-0.2, 0) is 0 Å². The number of nitrogens with zero attached hydrogens (tertiary/aromatic N) is 2. The third kappa shape index (κ3) is 6.41. The van der Waals surface area contributed by atoms with Gasteiger partial charge in [0.15, 0.2) is 5.13 Å². The molecule has 0 aliphatic carbocycles. The van der Waals surface area contributed by atoms with E-state index in [0.29, 0.717) is 40.5 Å². The molecule has 0 spiro atoms. The molecule has 1 aromatic heterocycles. The number of amides is 2.